The summed E-state index contributed by atoms with van der Waals surface area (Å²) in [4.78, 5) is 4.40. The minimum atomic E-state index is -0.576. The molecule has 0 spiro atoms. The minimum Gasteiger partial charge on any atom is -0.389 e. The Bertz CT molecular complexity index is 344. The number of aromatic nitrogens is 1. The van der Waals surface area contributed by atoms with E-state index < -0.39 is 5.60 Å². The van der Waals surface area contributed by atoms with Gasteiger partial charge in [0.05, 0.1) is 5.60 Å². The van der Waals surface area contributed by atoms with Crippen LogP contribution in [0.5, 0.6) is 0 Å². The number of nitrogens with zero attached hydrogens (tertiary/aromatic N) is 1. The normalized spacial score (nSPS) is 19.2. The molecule has 0 unspecified atom stereocenters. The fourth-order valence-corrected chi connectivity index (χ4v) is 2.28. The largest absolute Gasteiger partial charge is 0.389 e. The third kappa shape index (κ3) is 3.49. The number of nitrogens with two attached hydrogens (primary N) is 1. The van der Waals surface area contributed by atoms with Gasteiger partial charge in [0, 0.05) is 18.3 Å². The van der Waals surface area contributed by atoms with Crippen molar-refractivity contribution in [2.75, 3.05) is 19.6 Å². The second-order valence-corrected chi connectivity index (χ2v) is 4.85. The molecule has 4 nitrogen and oxygen atoms in total. The molecular formula is C13H21N3O. The third-order valence-electron chi connectivity index (χ3n) is 3.36. The van der Waals surface area contributed by atoms with E-state index in [0.717, 1.165) is 43.6 Å². The number of nitrogens with one attached hydrogen (secondary N) is 1. The Hall–Kier alpha value is -0.970. The van der Waals surface area contributed by atoms with Gasteiger partial charge in [0.25, 0.3) is 0 Å². The van der Waals surface area contributed by atoms with Gasteiger partial charge in [0.15, 0.2) is 0 Å². The van der Waals surface area contributed by atoms with Crippen LogP contribution in [0.3, 0.4) is 0 Å². The van der Waals surface area contributed by atoms with Gasteiger partial charge in [-0.15, -0.1) is 0 Å². The lowest BCUT2D eigenvalue weighted by molar-refractivity contribution is 0.0100. The van der Waals surface area contributed by atoms with Gasteiger partial charge in [-0.2, -0.15) is 0 Å². The smallest absolute Gasteiger partial charge is 0.0727 e. The predicted octanol–water partition coefficient (Wildman–Crippen LogP) is 0.240. The number of pyridine rings is 1. The van der Waals surface area contributed by atoms with Crippen LogP contribution in [0.15, 0.2) is 18.3 Å². The van der Waals surface area contributed by atoms with Crippen molar-refractivity contribution in [1.29, 1.82) is 0 Å². The lowest BCUT2D eigenvalue weighted by atomic mass is 9.87. The molecule has 0 bridgehead atoms. The Kier molecular flexibility index (Phi) is 4.10. The highest BCUT2D eigenvalue weighted by atomic mass is 16.3. The molecule has 94 valence electrons. The molecule has 1 saturated heterocycles. The highest BCUT2D eigenvalue weighted by molar-refractivity contribution is 5.16. The van der Waals surface area contributed by atoms with Crippen LogP contribution >= 0.6 is 0 Å². The van der Waals surface area contributed by atoms with Crippen LogP contribution in [0, 0.1) is 0 Å². The average molecular weight is 235 g/mol. The Labute approximate surface area is 102 Å². The van der Waals surface area contributed by atoms with E-state index in [-0.39, 0.29) is 0 Å². The summed E-state index contributed by atoms with van der Waals surface area (Å²) >= 11 is 0. The maximum Gasteiger partial charge on any atom is 0.0727 e. The quantitative estimate of drug-likeness (QED) is 0.699. The summed E-state index contributed by atoms with van der Waals surface area (Å²) in [6.45, 7) is 2.43. The summed E-state index contributed by atoms with van der Waals surface area (Å²) in [7, 11) is 0. The van der Waals surface area contributed by atoms with Crippen molar-refractivity contribution >= 4 is 0 Å². The van der Waals surface area contributed by atoms with Gasteiger partial charge in [-0.1, -0.05) is 6.07 Å². The van der Waals surface area contributed by atoms with E-state index in [1.165, 1.54) is 0 Å². The molecule has 0 radical (unpaired) electrons. The molecule has 1 aliphatic rings. The van der Waals surface area contributed by atoms with Crippen molar-refractivity contribution in [1.82, 2.24) is 10.3 Å². The number of hydrogen-bond donors (Lipinski definition) is 3. The van der Waals surface area contributed by atoms with Crippen LogP contribution in [0.4, 0.5) is 0 Å². The second-order valence-electron chi connectivity index (χ2n) is 4.85. The highest BCUT2D eigenvalue weighted by Crippen LogP contribution is 2.22. The Morgan fingerprint density at radius 1 is 1.35 bits per heavy atom. The molecule has 0 aromatic carbocycles. The highest BCUT2D eigenvalue weighted by Gasteiger charge is 2.29. The van der Waals surface area contributed by atoms with E-state index in [1.807, 2.05) is 12.3 Å². The maximum atomic E-state index is 10.4. The molecule has 0 atom stereocenters. The van der Waals surface area contributed by atoms with Gasteiger partial charge in [0.1, 0.15) is 0 Å². The first-order valence-electron chi connectivity index (χ1n) is 6.29. The van der Waals surface area contributed by atoms with Crippen LogP contribution in [-0.4, -0.2) is 35.3 Å². The van der Waals surface area contributed by atoms with Crippen molar-refractivity contribution in [3.63, 3.8) is 0 Å². The van der Waals surface area contributed by atoms with Crippen molar-refractivity contribution in [3.8, 4) is 0 Å². The Morgan fingerprint density at radius 2 is 2.12 bits per heavy atom. The second kappa shape index (κ2) is 5.58. The van der Waals surface area contributed by atoms with Gasteiger partial charge < -0.3 is 16.2 Å². The van der Waals surface area contributed by atoms with E-state index in [0.29, 0.717) is 13.0 Å². The molecule has 0 aliphatic carbocycles. The molecule has 2 rings (SSSR count). The molecule has 1 fully saturated rings. The first-order chi connectivity index (χ1) is 8.22. The van der Waals surface area contributed by atoms with Crippen LogP contribution in [0.2, 0.25) is 0 Å². The molecule has 2 heterocycles. The zero-order chi connectivity index (χ0) is 12.1. The molecule has 17 heavy (non-hydrogen) atoms. The SMILES string of the molecule is NCCc1ccc(CC2(O)CCNCC2)nc1. The van der Waals surface area contributed by atoms with Gasteiger partial charge >= 0.3 is 0 Å². The number of rotatable bonds is 4. The van der Waals surface area contributed by atoms with E-state index in [1.54, 1.807) is 0 Å². The summed E-state index contributed by atoms with van der Waals surface area (Å²) < 4.78 is 0. The zero-order valence-electron chi connectivity index (χ0n) is 10.2. The predicted molar refractivity (Wildman–Crippen MR) is 67.8 cm³/mol. The van der Waals surface area contributed by atoms with Crippen molar-refractivity contribution in [3.05, 3.63) is 29.6 Å². The molecule has 1 aliphatic heterocycles. The number of hydrogen-bond acceptors (Lipinski definition) is 4. The maximum absolute atomic E-state index is 10.4. The van der Waals surface area contributed by atoms with Gasteiger partial charge in [-0.25, -0.2) is 0 Å². The molecule has 4 N–H and O–H groups in total. The van der Waals surface area contributed by atoms with E-state index in [4.69, 9.17) is 5.73 Å². The standard InChI is InChI=1S/C13H21N3O/c14-6-3-11-1-2-12(16-10-11)9-13(17)4-7-15-8-5-13/h1-2,10,15,17H,3-9,14H2. The molecule has 0 amide bonds. The molecule has 0 saturated carbocycles. The third-order valence-corrected chi connectivity index (χ3v) is 3.36. The average Bonchev–Trinajstić information content (AvgIpc) is 2.33. The number of aliphatic hydroxyl groups is 1. The fourth-order valence-electron chi connectivity index (χ4n) is 2.28. The summed E-state index contributed by atoms with van der Waals surface area (Å²) in [5.41, 5.74) is 7.05. The first kappa shape index (κ1) is 12.5. The van der Waals surface area contributed by atoms with E-state index >= 15 is 0 Å². The summed E-state index contributed by atoms with van der Waals surface area (Å²) in [6.07, 6.45) is 4.99. The summed E-state index contributed by atoms with van der Waals surface area (Å²) in [5.74, 6) is 0. The summed E-state index contributed by atoms with van der Waals surface area (Å²) in [6, 6.07) is 4.06. The van der Waals surface area contributed by atoms with E-state index in [9.17, 15) is 5.11 Å². The van der Waals surface area contributed by atoms with Crippen molar-refractivity contribution < 1.29 is 5.11 Å². The summed E-state index contributed by atoms with van der Waals surface area (Å²) in [5, 5.41) is 13.7. The topological polar surface area (TPSA) is 71.2 Å². The fraction of sp³-hybridized carbons (Fsp3) is 0.615. The van der Waals surface area contributed by atoms with Gasteiger partial charge in [0.2, 0.25) is 0 Å². The molecule has 1 aromatic heterocycles. The van der Waals surface area contributed by atoms with Gasteiger partial charge in [-0.05, 0) is 50.5 Å². The van der Waals surface area contributed by atoms with Crippen LogP contribution < -0.4 is 11.1 Å². The molecule has 1 aromatic rings. The zero-order valence-corrected chi connectivity index (χ0v) is 10.2. The molecule has 4 heteroatoms. The lowest BCUT2D eigenvalue weighted by Crippen LogP contribution is -2.43. The first-order valence-corrected chi connectivity index (χ1v) is 6.29. The van der Waals surface area contributed by atoms with Crippen LogP contribution in [-0.2, 0) is 12.8 Å². The number of piperidine rings is 1. The Balaban J connectivity index is 1.97. The monoisotopic (exact) mass is 235 g/mol. The van der Waals surface area contributed by atoms with Crippen molar-refractivity contribution in [2.24, 2.45) is 5.73 Å². The van der Waals surface area contributed by atoms with Crippen LogP contribution in [0.1, 0.15) is 24.1 Å². The van der Waals surface area contributed by atoms with E-state index in [2.05, 4.69) is 16.4 Å². The van der Waals surface area contributed by atoms with Gasteiger partial charge in [-0.3, -0.25) is 4.98 Å². The lowest BCUT2D eigenvalue weighted by Gasteiger charge is -2.32. The van der Waals surface area contributed by atoms with Crippen molar-refractivity contribution in [2.45, 2.75) is 31.3 Å². The molecular weight excluding hydrogens is 214 g/mol. The Morgan fingerprint density at radius 3 is 2.71 bits per heavy atom. The minimum absolute atomic E-state index is 0.576. The van der Waals surface area contributed by atoms with Crippen LogP contribution in [0.25, 0.3) is 0 Å².